The largest absolute Gasteiger partial charge is 0.493 e. The Morgan fingerprint density at radius 3 is 2.65 bits per heavy atom. The van der Waals surface area contributed by atoms with Crippen molar-refractivity contribution >= 4 is 33.8 Å². The molecule has 0 N–H and O–H groups in total. The molecule has 4 rings (SSSR count). The second-order valence-corrected chi connectivity index (χ2v) is 7.10. The zero-order valence-electron chi connectivity index (χ0n) is 14.8. The lowest BCUT2D eigenvalue weighted by molar-refractivity contribution is 0.344. The number of hydrogen-bond acceptors (Lipinski definition) is 5. The van der Waals surface area contributed by atoms with Gasteiger partial charge in [0.1, 0.15) is 11.3 Å². The summed E-state index contributed by atoms with van der Waals surface area (Å²) in [5.41, 5.74) is 4.14. The highest BCUT2D eigenvalue weighted by Crippen LogP contribution is 2.27. The van der Waals surface area contributed by atoms with Crippen LogP contribution in [0.15, 0.2) is 53.7 Å². The fraction of sp³-hybridized carbons (Fsp3) is 0.250. The van der Waals surface area contributed by atoms with E-state index in [1.165, 1.54) is 5.56 Å². The molecule has 5 nitrogen and oxygen atoms in total. The number of aryl methyl sites for hydroxylation is 2. The molecular formula is C20H20N4OS. The molecular weight excluding hydrogens is 344 g/mol. The van der Waals surface area contributed by atoms with Crippen LogP contribution in [0.4, 0.5) is 0 Å². The topological polar surface area (TPSA) is 52.8 Å². The van der Waals surface area contributed by atoms with Gasteiger partial charge in [0, 0.05) is 17.7 Å². The Labute approximate surface area is 156 Å². The van der Waals surface area contributed by atoms with Crippen LogP contribution in [0.25, 0.3) is 22.1 Å². The first-order valence-electron chi connectivity index (χ1n) is 8.70. The van der Waals surface area contributed by atoms with Gasteiger partial charge in [0.2, 0.25) is 5.16 Å². The van der Waals surface area contributed by atoms with Crippen LogP contribution in [0.5, 0.6) is 5.75 Å². The van der Waals surface area contributed by atoms with E-state index < -0.39 is 0 Å². The van der Waals surface area contributed by atoms with Gasteiger partial charge in [-0.2, -0.15) is 0 Å². The van der Waals surface area contributed by atoms with E-state index in [-0.39, 0.29) is 0 Å². The Hall–Kier alpha value is -2.60. The van der Waals surface area contributed by atoms with Crippen LogP contribution in [0.2, 0.25) is 0 Å². The van der Waals surface area contributed by atoms with E-state index in [9.17, 15) is 0 Å². The van der Waals surface area contributed by atoms with Crippen LogP contribution in [0, 0.1) is 6.92 Å². The first kappa shape index (κ1) is 16.8. The number of nitrogens with zero attached hydrogens (tertiary/aromatic N) is 4. The Bertz CT molecular complexity index is 1040. The Morgan fingerprint density at radius 1 is 1.04 bits per heavy atom. The molecule has 0 fully saturated rings. The summed E-state index contributed by atoms with van der Waals surface area (Å²) in [5, 5.41) is 10.5. The van der Waals surface area contributed by atoms with E-state index in [1.807, 2.05) is 36.4 Å². The molecule has 0 radical (unpaired) electrons. The Kier molecular flexibility index (Phi) is 4.75. The predicted molar refractivity (Wildman–Crippen MR) is 106 cm³/mol. The maximum atomic E-state index is 5.76. The Morgan fingerprint density at radius 2 is 1.85 bits per heavy atom. The molecule has 0 unspecified atom stereocenters. The summed E-state index contributed by atoms with van der Waals surface area (Å²) in [6.45, 7) is 5.64. The van der Waals surface area contributed by atoms with Gasteiger partial charge in [-0.15, -0.1) is 10.2 Å². The fourth-order valence-electron chi connectivity index (χ4n) is 3.00. The zero-order chi connectivity index (χ0) is 17.9. The minimum atomic E-state index is 0.603. The molecule has 2 aromatic carbocycles. The molecule has 0 aliphatic carbocycles. The summed E-state index contributed by atoms with van der Waals surface area (Å²) < 4.78 is 7.95. The lowest BCUT2D eigenvalue weighted by Crippen LogP contribution is -2.02. The van der Waals surface area contributed by atoms with Crippen molar-refractivity contribution in [2.75, 3.05) is 12.4 Å². The number of benzene rings is 2. The quantitative estimate of drug-likeness (QED) is 0.373. The first-order chi connectivity index (χ1) is 12.8. The lowest BCUT2D eigenvalue weighted by Gasteiger charge is -2.06. The standard InChI is InChI=1S/C20H20N4OS/c1-3-24-17-7-5-4-6-16(17)18-19(24)21-20(23-22-18)26-13-12-25-15-10-8-14(2)9-11-15/h4-11H,3,12-13H2,1-2H3. The van der Waals surface area contributed by atoms with Gasteiger partial charge in [-0.05, 0) is 32.0 Å². The third-order valence-electron chi connectivity index (χ3n) is 4.27. The molecule has 0 spiro atoms. The first-order valence-corrected chi connectivity index (χ1v) is 9.68. The third kappa shape index (κ3) is 3.24. The molecule has 0 bridgehead atoms. The SMILES string of the molecule is CCn1c2ccccc2c2nnc(SCCOc3ccc(C)cc3)nc21. The van der Waals surface area contributed by atoms with E-state index in [4.69, 9.17) is 9.72 Å². The van der Waals surface area contributed by atoms with Gasteiger partial charge >= 0.3 is 0 Å². The van der Waals surface area contributed by atoms with Gasteiger partial charge in [-0.1, -0.05) is 47.7 Å². The molecule has 0 aliphatic heterocycles. The van der Waals surface area contributed by atoms with Crippen molar-refractivity contribution in [3.05, 3.63) is 54.1 Å². The van der Waals surface area contributed by atoms with Crippen molar-refractivity contribution < 1.29 is 4.74 Å². The number of fused-ring (bicyclic) bond motifs is 3. The molecule has 0 saturated heterocycles. The van der Waals surface area contributed by atoms with Crippen LogP contribution in [-0.2, 0) is 6.54 Å². The van der Waals surface area contributed by atoms with Crippen molar-refractivity contribution in [3.8, 4) is 5.75 Å². The molecule has 0 amide bonds. The van der Waals surface area contributed by atoms with Crippen molar-refractivity contribution in [3.63, 3.8) is 0 Å². The number of para-hydroxylation sites is 1. The number of hydrogen-bond donors (Lipinski definition) is 0. The fourth-order valence-corrected chi connectivity index (χ4v) is 3.60. The summed E-state index contributed by atoms with van der Waals surface area (Å²) >= 11 is 1.56. The second-order valence-electron chi connectivity index (χ2n) is 6.04. The monoisotopic (exact) mass is 364 g/mol. The van der Waals surface area contributed by atoms with Gasteiger partial charge in [-0.3, -0.25) is 0 Å². The second kappa shape index (κ2) is 7.33. The lowest BCUT2D eigenvalue weighted by atomic mass is 10.2. The molecule has 2 heterocycles. The Balaban J connectivity index is 1.48. The van der Waals surface area contributed by atoms with Crippen LogP contribution in [0.1, 0.15) is 12.5 Å². The van der Waals surface area contributed by atoms with Gasteiger partial charge < -0.3 is 9.30 Å². The van der Waals surface area contributed by atoms with E-state index in [1.54, 1.807) is 11.8 Å². The minimum Gasteiger partial charge on any atom is -0.493 e. The van der Waals surface area contributed by atoms with Crippen molar-refractivity contribution in [1.29, 1.82) is 0 Å². The molecule has 0 atom stereocenters. The number of rotatable bonds is 6. The molecule has 132 valence electrons. The molecule has 4 aromatic rings. The van der Waals surface area contributed by atoms with Crippen LogP contribution in [-0.4, -0.2) is 32.1 Å². The maximum Gasteiger partial charge on any atom is 0.211 e. The van der Waals surface area contributed by atoms with Crippen molar-refractivity contribution in [1.82, 2.24) is 19.7 Å². The molecule has 6 heteroatoms. The zero-order valence-corrected chi connectivity index (χ0v) is 15.7. The summed E-state index contributed by atoms with van der Waals surface area (Å²) in [4.78, 5) is 4.74. The molecule has 2 aromatic heterocycles. The molecule has 26 heavy (non-hydrogen) atoms. The summed E-state index contributed by atoms with van der Waals surface area (Å²) in [5.74, 6) is 1.66. The highest BCUT2D eigenvalue weighted by Gasteiger charge is 2.13. The van der Waals surface area contributed by atoms with Gasteiger partial charge in [0.15, 0.2) is 5.65 Å². The molecule has 0 saturated carbocycles. The van der Waals surface area contributed by atoms with Crippen molar-refractivity contribution in [2.24, 2.45) is 0 Å². The average Bonchev–Trinajstić information content (AvgIpc) is 2.99. The number of ether oxygens (including phenoxy) is 1. The van der Waals surface area contributed by atoms with E-state index in [0.29, 0.717) is 11.8 Å². The van der Waals surface area contributed by atoms with Crippen LogP contribution in [0.3, 0.4) is 0 Å². The normalized spacial score (nSPS) is 11.3. The molecule has 0 aliphatic rings. The predicted octanol–water partition coefficient (Wildman–Crippen LogP) is 4.48. The smallest absolute Gasteiger partial charge is 0.211 e. The van der Waals surface area contributed by atoms with E-state index in [2.05, 4.69) is 40.7 Å². The van der Waals surface area contributed by atoms with Gasteiger partial charge in [-0.25, -0.2) is 4.98 Å². The van der Waals surface area contributed by atoms with Crippen molar-refractivity contribution in [2.45, 2.75) is 25.5 Å². The van der Waals surface area contributed by atoms with Crippen LogP contribution >= 0.6 is 11.8 Å². The highest BCUT2D eigenvalue weighted by atomic mass is 32.2. The minimum absolute atomic E-state index is 0.603. The highest BCUT2D eigenvalue weighted by molar-refractivity contribution is 7.99. The third-order valence-corrected chi connectivity index (χ3v) is 5.08. The average molecular weight is 364 g/mol. The summed E-state index contributed by atoms with van der Waals surface area (Å²) in [6, 6.07) is 16.3. The van der Waals surface area contributed by atoms with E-state index >= 15 is 0 Å². The summed E-state index contributed by atoms with van der Waals surface area (Å²) in [6.07, 6.45) is 0. The van der Waals surface area contributed by atoms with Gasteiger partial charge in [0.25, 0.3) is 0 Å². The number of thioether (sulfide) groups is 1. The van der Waals surface area contributed by atoms with Gasteiger partial charge in [0.05, 0.1) is 12.1 Å². The van der Waals surface area contributed by atoms with E-state index in [0.717, 1.165) is 40.1 Å². The number of aromatic nitrogens is 4. The maximum absolute atomic E-state index is 5.76. The van der Waals surface area contributed by atoms with Crippen LogP contribution < -0.4 is 4.74 Å². The summed E-state index contributed by atoms with van der Waals surface area (Å²) in [7, 11) is 0.